The zero-order valence-corrected chi connectivity index (χ0v) is 20.0. The molecular formula is C26H38N4O2. The summed E-state index contributed by atoms with van der Waals surface area (Å²) < 4.78 is 11.7. The number of hydrogen-bond acceptors (Lipinski definition) is 4. The third-order valence-corrected chi connectivity index (χ3v) is 5.93. The van der Waals surface area contributed by atoms with Gasteiger partial charge in [-0.2, -0.15) is 0 Å². The molecule has 2 aromatic carbocycles. The molecule has 0 saturated carbocycles. The maximum Gasteiger partial charge on any atom is 0.191 e. The van der Waals surface area contributed by atoms with Crippen LogP contribution in [0.1, 0.15) is 42.5 Å². The Hall–Kier alpha value is -2.57. The van der Waals surface area contributed by atoms with Gasteiger partial charge in [0.25, 0.3) is 0 Å². The highest BCUT2D eigenvalue weighted by Crippen LogP contribution is 2.23. The molecule has 0 aromatic heterocycles. The van der Waals surface area contributed by atoms with Gasteiger partial charge < -0.3 is 20.1 Å². The number of hydrogen-bond donors (Lipinski definition) is 2. The lowest BCUT2D eigenvalue weighted by atomic mass is 10.1. The quantitative estimate of drug-likeness (QED) is 0.436. The van der Waals surface area contributed by atoms with E-state index < -0.39 is 0 Å². The number of ether oxygens (including phenoxy) is 2. The Bertz CT molecular complexity index is 874. The molecule has 3 rings (SSSR count). The third-order valence-electron chi connectivity index (χ3n) is 5.93. The van der Waals surface area contributed by atoms with E-state index >= 15 is 0 Å². The van der Waals surface area contributed by atoms with E-state index in [0.29, 0.717) is 13.2 Å². The van der Waals surface area contributed by atoms with E-state index in [1.54, 1.807) is 7.05 Å². The van der Waals surface area contributed by atoms with Crippen molar-refractivity contribution in [1.29, 1.82) is 0 Å². The van der Waals surface area contributed by atoms with Gasteiger partial charge in [-0.25, -0.2) is 0 Å². The highest BCUT2D eigenvalue weighted by molar-refractivity contribution is 5.79. The minimum Gasteiger partial charge on any atom is -0.488 e. The summed E-state index contributed by atoms with van der Waals surface area (Å²) in [6.45, 7) is 12.4. The molecular weight excluding hydrogens is 400 g/mol. The first-order valence-electron chi connectivity index (χ1n) is 11.7. The molecule has 1 fully saturated rings. The minimum absolute atomic E-state index is 0.135. The van der Waals surface area contributed by atoms with Gasteiger partial charge in [-0.05, 0) is 42.8 Å². The second kappa shape index (κ2) is 12.5. The number of benzene rings is 2. The average molecular weight is 439 g/mol. The predicted molar refractivity (Wildman–Crippen MR) is 131 cm³/mol. The smallest absolute Gasteiger partial charge is 0.191 e. The SMILES string of the molecule is CCN(CC)Cc1ccccc1CNC(=NC)NCc1ccc(C)cc1OC1CCOC1. The molecule has 6 nitrogen and oxygen atoms in total. The van der Waals surface area contributed by atoms with Crippen molar-refractivity contribution in [1.82, 2.24) is 15.5 Å². The molecule has 1 heterocycles. The van der Waals surface area contributed by atoms with E-state index in [1.165, 1.54) is 16.7 Å². The van der Waals surface area contributed by atoms with E-state index in [9.17, 15) is 0 Å². The van der Waals surface area contributed by atoms with Crippen LogP contribution in [0.4, 0.5) is 0 Å². The lowest BCUT2D eigenvalue weighted by molar-refractivity contribution is 0.140. The third kappa shape index (κ3) is 6.97. The van der Waals surface area contributed by atoms with Gasteiger partial charge in [-0.1, -0.05) is 50.2 Å². The second-order valence-corrected chi connectivity index (χ2v) is 8.22. The van der Waals surface area contributed by atoms with Crippen molar-refractivity contribution in [2.45, 2.75) is 52.9 Å². The normalized spacial score (nSPS) is 16.4. The van der Waals surface area contributed by atoms with E-state index in [1.807, 2.05) is 0 Å². The fourth-order valence-corrected chi connectivity index (χ4v) is 3.85. The standard InChI is InChI=1S/C26H38N4O2/c1-5-30(6-2)18-23-10-8-7-9-21(23)16-28-26(27-4)29-17-22-12-11-20(3)15-25(22)32-24-13-14-31-19-24/h7-12,15,24H,5-6,13-14,16-19H2,1-4H3,(H2,27,28,29). The van der Waals surface area contributed by atoms with Crippen LogP contribution < -0.4 is 15.4 Å². The minimum atomic E-state index is 0.135. The molecule has 0 aliphatic carbocycles. The number of guanidine groups is 1. The van der Waals surface area contributed by atoms with Gasteiger partial charge in [0.2, 0.25) is 0 Å². The number of aryl methyl sites for hydroxylation is 1. The summed E-state index contributed by atoms with van der Waals surface area (Å²) >= 11 is 0. The molecule has 1 aliphatic heterocycles. The molecule has 32 heavy (non-hydrogen) atoms. The van der Waals surface area contributed by atoms with Crippen LogP contribution in [0.15, 0.2) is 47.5 Å². The molecule has 2 N–H and O–H groups in total. The van der Waals surface area contributed by atoms with Crippen molar-refractivity contribution in [3.63, 3.8) is 0 Å². The van der Waals surface area contributed by atoms with Crippen LogP contribution in [0.3, 0.4) is 0 Å². The van der Waals surface area contributed by atoms with Gasteiger partial charge in [-0.15, -0.1) is 0 Å². The fourth-order valence-electron chi connectivity index (χ4n) is 3.85. The molecule has 0 amide bonds. The Morgan fingerprint density at radius 1 is 1.06 bits per heavy atom. The van der Waals surface area contributed by atoms with Crippen LogP contribution in [0.5, 0.6) is 5.75 Å². The number of rotatable bonds is 10. The Kier molecular flexibility index (Phi) is 9.38. The molecule has 6 heteroatoms. The highest BCUT2D eigenvalue weighted by Gasteiger charge is 2.19. The second-order valence-electron chi connectivity index (χ2n) is 8.22. The Morgan fingerprint density at radius 2 is 1.78 bits per heavy atom. The monoisotopic (exact) mass is 438 g/mol. The van der Waals surface area contributed by atoms with Gasteiger partial charge in [0.05, 0.1) is 13.2 Å². The summed E-state index contributed by atoms with van der Waals surface area (Å²) in [5.74, 6) is 1.70. The summed E-state index contributed by atoms with van der Waals surface area (Å²) in [6, 6.07) is 15.0. The Balaban J connectivity index is 1.59. The van der Waals surface area contributed by atoms with Gasteiger partial charge in [-0.3, -0.25) is 9.89 Å². The predicted octanol–water partition coefficient (Wildman–Crippen LogP) is 3.87. The summed E-state index contributed by atoms with van der Waals surface area (Å²) in [7, 11) is 1.81. The molecule has 2 aromatic rings. The topological polar surface area (TPSA) is 58.1 Å². The molecule has 0 bridgehead atoms. The maximum atomic E-state index is 6.23. The van der Waals surface area contributed by atoms with E-state index in [-0.39, 0.29) is 6.10 Å². The molecule has 0 spiro atoms. The Labute approximate surface area is 193 Å². The van der Waals surface area contributed by atoms with Crippen molar-refractivity contribution in [3.8, 4) is 5.75 Å². The zero-order valence-electron chi connectivity index (χ0n) is 20.0. The summed E-state index contributed by atoms with van der Waals surface area (Å²) in [5.41, 5.74) is 4.96. The number of aliphatic imine (C=N–C) groups is 1. The van der Waals surface area contributed by atoms with E-state index in [0.717, 1.165) is 56.5 Å². The van der Waals surface area contributed by atoms with Crippen LogP contribution in [0.25, 0.3) is 0 Å². The number of nitrogens with one attached hydrogen (secondary N) is 2. The van der Waals surface area contributed by atoms with E-state index in [2.05, 4.69) is 83.8 Å². The van der Waals surface area contributed by atoms with E-state index in [4.69, 9.17) is 9.47 Å². The molecule has 174 valence electrons. The van der Waals surface area contributed by atoms with Crippen LogP contribution in [-0.2, 0) is 24.4 Å². The lowest BCUT2D eigenvalue weighted by Gasteiger charge is -2.21. The van der Waals surface area contributed by atoms with Crippen LogP contribution >= 0.6 is 0 Å². The van der Waals surface area contributed by atoms with Crippen molar-refractivity contribution in [3.05, 3.63) is 64.7 Å². The lowest BCUT2D eigenvalue weighted by Crippen LogP contribution is -2.36. The van der Waals surface area contributed by atoms with Crippen molar-refractivity contribution in [2.24, 2.45) is 4.99 Å². The molecule has 0 radical (unpaired) electrons. The van der Waals surface area contributed by atoms with Crippen molar-refractivity contribution < 1.29 is 9.47 Å². The van der Waals surface area contributed by atoms with Gasteiger partial charge in [0.15, 0.2) is 5.96 Å². The number of nitrogens with zero attached hydrogens (tertiary/aromatic N) is 2. The molecule has 1 saturated heterocycles. The Morgan fingerprint density at radius 3 is 2.44 bits per heavy atom. The van der Waals surface area contributed by atoms with Crippen molar-refractivity contribution >= 4 is 5.96 Å². The first kappa shape index (κ1) is 24.1. The van der Waals surface area contributed by atoms with Gasteiger partial charge in [0.1, 0.15) is 11.9 Å². The van der Waals surface area contributed by atoms with Crippen LogP contribution in [0.2, 0.25) is 0 Å². The first-order valence-corrected chi connectivity index (χ1v) is 11.7. The highest BCUT2D eigenvalue weighted by atomic mass is 16.5. The largest absolute Gasteiger partial charge is 0.488 e. The summed E-state index contributed by atoms with van der Waals surface area (Å²) in [5, 5.41) is 6.91. The summed E-state index contributed by atoms with van der Waals surface area (Å²) in [6.07, 6.45) is 1.08. The van der Waals surface area contributed by atoms with Gasteiger partial charge in [0, 0.05) is 38.7 Å². The van der Waals surface area contributed by atoms with Crippen molar-refractivity contribution in [2.75, 3.05) is 33.4 Å². The van der Waals surface area contributed by atoms with Crippen LogP contribution in [-0.4, -0.2) is 50.3 Å². The average Bonchev–Trinajstić information content (AvgIpc) is 3.32. The van der Waals surface area contributed by atoms with Gasteiger partial charge >= 0.3 is 0 Å². The molecule has 1 unspecified atom stereocenters. The zero-order chi connectivity index (χ0) is 22.8. The molecule has 1 atom stereocenters. The fraction of sp³-hybridized carbons (Fsp3) is 0.500. The molecule has 1 aliphatic rings. The first-order chi connectivity index (χ1) is 15.6. The summed E-state index contributed by atoms with van der Waals surface area (Å²) in [4.78, 5) is 6.85. The maximum absolute atomic E-state index is 6.23. The van der Waals surface area contributed by atoms with Crippen LogP contribution in [0, 0.1) is 6.92 Å².